The second kappa shape index (κ2) is 6.89. The molecule has 3 rings (SSSR count). The normalized spacial score (nSPS) is 14.5. The number of carbonyl (C=O) groups excluding carboxylic acids is 1. The molecule has 1 aliphatic rings. The van der Waals surface area contributed by atoms with Crippen LogP contribution in [0.5, 0.6) is 5.88 Å². The van der Waals surface area contributed by atoms with E-state index in [-0.39, 0.29) is 11.3 Å². The van der Waals surface area contributed by atoms with Gasteiger partial charge in [-0.1, -0.05) is 26.8 Å². The van der Waals surface area contributed by atoms with Crippen LogP contribution in [0.15, 0.2) is 24.5 Å². The average molecular weight is 345 g/mol. The van der Waals surface area contributed by atoms with Crippen LogP contribution < -0.4 is 10.1 Å². The van der Waals surface area contributed by atoms with Gasteiger partial charge in [0.25, 0.3) is 5.91 Å². The first-order valence-electron chi connectivity index (χ1n) is 8.24. The van der Waals surface area contributed by atoms with Crippen molar-refractivity contribution in [2.24, 2.45) is 5.92 Å². The van der Waals surface area contributed by atoms with Gasteiger partial charge in [-0.2, -0.15) is 0 Å². The molecule has 2 aromatic rings. The van der Waals surface area contributed by atoms with Gasteiger partial charge in [0.15, 0.2) is 0 Å². The fourth-order valence-corrected chi connectivity index (χ4v) is 2.97. The third-order valence-electron chi connectivity index (χ3n) is 3.79. The number of hydrogen-bond acceptors (Lipinski definition) is 5. The molecular formula is C18H23N3O2S. The van der Waals surface area contributed by atoms with Crippen LogP contribution in [0, 0.1) is 5.92 Å². The maximum absolute atomic E-state index is 12.2. The number of thiazole rings is 1. The summed E-state index contributed by atoms with van der Waals surface area (Å²) in [5.41, 5.74) is 0.909. The lowest BCUT2D eigenvalue weighted by Crippen LogP contribution is -2.21. The van der Waals surface area contributed by atoms with Gasteiger partial charge in [0.2, 0.25) is 5.88 Å². The second-order valence-corrected chi connectivity index (χ2v) is 8.25. The summed E-state index contributed by atoms with van der Waals surface area (Å²) in [6.45, 7) is 7.46. The zero-order valence-electron chi connectivity index (χ0n) is 14.3. The summed E-state index contributed by atoms with van der Waals surface area (Å²) in [7, 11) is 0. The van der Waals surface area contributed by atoms with E-state index in [9.17, 15) is 4.79 Å². The van der Waals surface area contributed by atoms with Gasteiger partial charge in [-0.05, 0) is 24.3 Å². The van der Waals surface area contributed by atoms with Crippen LogP contribution in [0.4, 0.5) is 0 Å². The third kappa shape index (κ3) is 4.54. The molecule has 0 spiro atoms. The summed E-state index contributed by atoms with van der Waals surface area (Å²) < 4.78 is 5.61. The van der Waals surface area contributed by atoms with Crippen LogP contribution in [-0.2, 0) is 12.0 Å². The lowest BCUT2D eigenvalue weighted by atomic mass is 9.98. The van der Waals surface area contributed by atoms with Crippen molar-refractivity contribution in [1.29, 1.82) is 0 Å². The van der Waals surface area contributed by atoms with E-state index in [1.165, 1.54) is 24.2 Å². The molecule has 24 heavy (non-hydrogen) atoms. The number of carbonyl (C=O) groups is 1. The van der Waals surface area contributed by atoms with Gasteiger partial charge in [0.05, 0.1) is 17.8 Å². The molecule has 0 unspecified atom stereocenters. The highest BCUT2D eigenvalue weighted by molar-refractivity contribution is 7.13. The monoisotopic (exact) mass is 345 g/mol. The number of nitrogens with zero attached hydrogens (tertiary/aromatic N) is 2. The molecule has 0 aromatic carbocycles. The molecule has 0 radical (unpaired) electrons. The van der Waals surface area contributed by atoms with Crippen molar-refractivity contribution in [3.8, 4) is 5.88 Å². The molecular weight excluding hydrogens is 322 g/mol. The predicted molar refractivity (Wildman–Crippen MR) is 94.4 cm³/mol. The second-order valence-electron chi connectivity index (χ2n) is 7.22. The Morgan fingerprint density at radius 3 is 2.67 bits per heavy atom. The molecule has 1 amide bonds. The Balaban J connectivity index is 1.51. The van der Waals surface area contributed by atoms with Gasteiger partial charge in [0, 0.05) is 24.2 Å². The highest BCUT2D eigenvalue weighted by Gasteiger charge is 2.22. The van der Waals surface area contributed by atoms with E-state index in [1.807, 2.05) is 12.1 Å². The Morgan fingerprint density at radius 2 is 2.08 bits per heavy atom. The van der Waals surface area contributed by atoms with Crippen LogP contribution in [0.2, 0.25) is 0 Å². The van der Waals surface area contributed by atoms with E-state index in [1.54, 1.807) is 12.4 Å². The molecule has 0 atom stereocenters. The van der Waals surface area contributed by atoms with Crippen LogP contribution in [0.1, 0.15) is 53.9 Å². The van der Waals surface area contributed by atoms with Crippen molar-refractivity contribution in [3.05, 3.63) is 40.0 Å². The van der Waals surface area contributed by atoms with E-state index >= 15 is 0 Å². The Kier molecular flexibility index (Phi) is 4.85. The lowest BCUT2D eigenvalue weighted by molar-refractivity contribution is 0.0954. The summed E-state index contributed by atoms with van der Waals surface area (Å²) in [5.74, 6) is 1.26. The van der Waals surface area contributed by atoms with Crippen molar-refractivity contribution in [2.75, 3.05) is 6.61 Å². The van der Waals surface area contributed by atoms with Crippen molar-refractivity contribution in [2.45, 2.75) is 45.6 Å². The van der Waals surface area contributed by atoms with Crippen LogP contribution >= 0.6 is 11.3 Å². The molecule has 5 nitrogen and oxygen atoms in total. The van der Waals surface area contributed by atoms with Gasteiger partial charge in [-0.15, -0.1) is 11.3 Å². The molecule has 1 aliphatic carbocycles. The summed E-state index contributed by atoms with van der Waals surface area (Å²) in [4.78, 5) is 21.5. The maximum Gasteiger partial charge on any atom is 0.263 e. The fourth-order valence-electron chi connectivity index (χ4n) is 2.08. The molecule has 1 saturated carbocycles. The van der Waals surface area contributed by atoms with Crippen LogP contribution in [0.25, 0.3) is 0 Å². The third-order valence-corrected chi connectivity index (χ3v) is 5.21. The molecule has 128 valence electrons. The summed E-state index contributed by atoms with van der Waals surface area (Å²) in [6.07, 6.45) is 5.92. The SMILES string of the molecule is CC(C)(C)c1ncc(C(=O)NCc2ccc(OCC3CC3)nc2)s1. The minimum Gasteiger partial charge on any atom is -0.477 e. The summed E-state index contributed by atoms with van der Waals surface area (Å²) in [6, 6.07) is 3.79. The number of nitrogens with one attached hydrogen (secondary N) is 1. The van der Waals surface area contributed by atoms with E-state index in [0.29, 0.717) is 23.2 Å². The Morgan fingerprint density at radius 1 is 1.29 bits per heavy atom. The first kappa shape index (κ1) is 16.9. The molecule has 1 fully saturated rings. The fraction of sp³-hybridized carbons (Fsp3) is 0.500. The molecule has 2 heterocycles. The number of rotatable bonds is 6. The minimum absolute atomic E-state index is 0.0383. The van der Waals surface area contributed by atoms with Crippen molar-refractivity contribution in [1.82, 2.24) is 15.3 Å². The molecule has 0 saturated heterocycles. The topological polar surface area (TPSA) is 64.1 Å². The first-order valence-corrected chi connectivity index (χ1v) is 9.06. The number of amides is 1. The smallest absolute Gasteiger partial charge is 0.263 e. The quantitative estimate of drug-likeness (QED) is 0.869. The summed E-state index contributed by atoms with van der Waals surface area (Å²) in [5, 5.41) is 3.87. The zero-order valence-corrected chi connectivity index (χ0v) is 15.2. The van der Waals surface area contributed by atoms with Crippen LogP contribution in [-0.4, -0.2) is 22.5 Å². The number of pyridine rings is 1. The molecule has 1 N–H and O–H groups in total. The molecule has 2 aromatic heterocycles. The van der Waals surface area contributed by atoms with Crippen molar-refractivity contribution >= 4 is 17.2 Å². The van der Waals surface area contributed by atoms with E-state index in [4.69, 9.17) is 4.74 Å². The highest BCUT2D eigenvalue weighted by atomic mass is 32.1. The van der Waals surface area contributed by atoms with Gasteiger partial charge >= 0.3 is 0 Å². The van der Waals surface area contributed by atoms with E-state index in [0.717, 1.165) is 17.2 Å². The van der Waals surface area contributed by atoms with E-state index < -0.39 is 0 Å². The lowest BCUT2D eigenvalue weighted by Gasteiger charge is -2.13. The maximum atomic E-state index is 12.2. The van der Waals surface area contributed by atoms with Gasteiger partial charge in [-0.3, -0.25) is 4.79 Å². The Bertz CT molecular complexity index is 700. The molecule has 6 heteroatoms. The standard InChI is InChI=1S/C18H23N3O2S/c1-18(2,3)17-21-10-14(24-17)16(22)20-9-13-6-7-15(19-8-13)23-11-12-4-5-12/h6-8,10,12H,4-5,9,11H2,1-3H3,(H,20,22). The molecule has 0 bridgehead atoms. The zero-order chi connectivity index (χ0) is 17.2. The van der Waals surface area contributed by atoms with Gasteiger partial charge in [-0.25, -0.2) is 9.97 Å². The number of ether oxygens (including phenoxy) is 1. The number of hydrogen-bond donors (Lipinski definition) is 1. The van der Waals surface area contributed by atoms with Crippen molar-refractivity contribution < 1.29 is 9.53 Å². The first-order chi connectivity index (χ1) is 11.4. The number of aromatic nitrogens is 2. The van der Waals surface area contributed by atoms with Gasteiger partial charge in [0.1, 0.15) is 4.88 Å². The minimum atomic E-state index is -0.0999. The average Bonchev–Trinajstić information content (AvgIpc) is 3.23. The summed E-state index contributed by atoms with van der Waals surface area (Å²) >= 11 is 1.44. The molecule has 0 aliphatic heterocycles. The van der Waals surface area contributed by atoms with Crippen LogP contribution in [0.3, 0.4) is 0 Å². The predicted octanol–water partition coefficient (Wildman–Crippen LogP) is 3.55. The van der Waals surface area contributed by atoms with E-state index in [2.05, 4.69) is 36.1 Å². The van der Waals surface area contributed by atoms with Gasteiger partial charge < -0.3 is 10.1 Å². The Labute approximate surface area is 146 Å². The Hall–Kier alpha value is -1.95. The van der Waals surface area contributed by atoms with Crippen molar-refractivity contribution in [3.63, 3.8) is 0 Å². The largest absolute Gasteiger partial charge is 0.477 e. The highest BCUT2D eigenvalue weighted by Crippen LogP contribution is 2.29.